The SMILES string of the molecule is COC(=O)c1ccc(OCC(C)(C)C)c(C)c1. The van der Waals surface area contributed by atoms with Gasteiger partial charge in [0.1, 0.15) is 5.75 Å². The molecule has 17 heavy (non-hydrogen) atoms. The van der Waals surface area contributed by atoms with Crippen LogP contribution in [-0.2, 0) is 4.74 Å². The van der Waals surface area contributed by atoms with E-state index in [0.29, 0.717) is 12.2 Å². The van der Waals surface area contributed by atoms with Crippen LogP contribution in [0.1, 0.15) is 36.7 Å². The summed E-state index contributed by atoms with van der Waals surface area (Å²) in [6, 6.07) is 5.31. The summed E-state index contributed by atoms with van der Waals surface area (Å²) in [6.45, 7) is 8.91. The topological polar surface area (TPSA) is 35.5 Å². The monoisotopic (exact) mass is 236 g/mol. The van der Waals surface area contributed by atoms with E-state index in [-0.39, 0.29) is 11.4 Å². The maximum absolute atomic E-state index is 11.3. The number of ether oxygens (including phenoxy) is 2. The molecule has 0 aliphatic rings. The lowest BCUT2D eigenvalue weighted by Gasteiger charge is -2.20. The quantitative estimate of drug-likeness (QED) is 0.756. The predicted octanol–water partition coefficient (Wildman–Crippen LogP) is 3.21. The van der Waals surface area contributed by atoms with Gasteiger partial charge in [0.25, 0.3) is 0 Å². The molecule has 3 nitrogen and oxygen atoms in total. The first kappa shape index (κ1) is 13.6. The van der Waals surface area contributed by atoms with Gasteiger partial charge in [0.15, 0.2) is 0 Å². The fraction of sp³-hybridized carbons (Fsp3) is 0.500. The molecule has 0 saturated heterocycles. The zero-order valence-electron chi connectivity index (χ0n) is 11.2. The second kappa shape index (κ2) is 5.21. The van der Waals surface area contributed by atoms with Crippen LogP contribution in [-0.4, -0.2) is 19.7 Å². The first-order valence-electron chi connectivity index (χ1n) is 5.65. The van der Waals surface area contributed by atoms with Crippen LogP contribution < -0.4 is 4.74 Å². The van der Waals surface area contributed by atoms with Crippen LogP contribution >= 0.6 is 0 Å². The Kier molecular flexibility index (Phi) is 4.16. The highest BCUT2D eigenvalue weighted by molar-refractivity contribution is 5.89. The number of aryl methyl sites for hydroxylation is 1. The van der Waals surface area contributed by atoms with Crippen molar-refractivity contribution in [2.45, 2.75) is 27.7 Å². The molecule has 0 heterocycles. The molecule has 0 atom stereocenters. The number of methoxy groups -OCH3 is 1. The van der Waals surface area contributed by atoms with Crippen LogP contribution in [0, 0.1) is 12.3 Å². The lowest BCUT2D eigenvalue weighted by molar-refractivity contribution is 0.0600. The molecule has 3 heteroatoms. The number of carbonyl (C=O) groups is 1. The van der Waals surface area contributed by atoms with Crippen LogP contribution in [0.5, 0.6) is 5.75 Å². The Bertz CT molecular complexity index is 402. The molecule has 0 radical (unpaired) electrons. The summed E-state index contributed by atoms with van der Waals surface area (Å²) in [4.78, 5) is 11.3. The second-order valence-corrected chi connectivity index (χ2v) is 5.32. The molecule has 0 aliphatic carbocycles. The first-order chi connectivity index (χ1) is 7.83. The van der Waals surface area contributed by atoms with Gasteiger partial charge in [-0.25, -0.2) is 4.79 Å². The van der Waals surface area contributed by atoms with Crippen LogP contribution in [0.3, 0.4) is 0 Å². The van der Waals surface area contributed by atoms with E-state index in [1.165, 1.54) is 7.11 Å². The van der Waals surface area contributed by atoms with Gasteiger partial charge in [-0.3, -0.25) is 0 Å². The van der Waals surface area contributed by atoms with Gasteiger partial charge in [-0.15, -0.1) is 0 Å². The minimum absolute atomic E-state index is 0.119. The Morgan fingerprint density at radius 1 is 1.29 bits per heavy atom. The molecule has 0 unspecified atom stereocenters. The molecule has 0 aromatic heterocycles. The summed E-state index contributed by atoms with van der Waals surface area (Å²) in [5, 5.41) is 0. The van der Waals surface area contributed by atoms with Crippen molar-refractivity contribution in [1.82, 2.24) is 0 Å². The summed E-state index contributed by atoms with van der Waals surface area (Å²) in [6.07, 6.45) is 0. The van der Waals surface area contributed by atoms with Crippen LogP contribution in [0.25, 0.3) is 0 Å². The Hall–Kier alpha value is -1.51. The molecule has 0 amide bonds. The highest BCUT2D eigenvalue weighted by atomic mass is 16.5. The van der Waals surface area contributed by atoms with Gasteiger partial charge in [0.2, 0.25) is 0 Å². The minimum Gasteiger partial charge on any atom is -0.493 e. The normalized spacial score (nSPS) is 11.1. The van der Waals surface area contributed by atoms with Crippen molar-refractivity contribution in [1.29, 1.82) is 0 Å². The van der Waals surface area contributed by atoms with Crippen molar-refractivity contribution < 1.29 is 14.3 Å². The summed E-state index contributed by atoms with van der Waals surface area (Å²) in [5.41, 5.74) is 1.61. The Morgan fingerprint density at radius 2 is 1.94 bits per heavy atom. The van der Waals surface area contributed by atoms with Gasteiger partial charge in [-0.1, -0.05) is 20.8 Å². The second-order valence-electron chi connectivity index (χ2n) is 5.32. The molecule has 0 aliphatic heterocycles. The highest BCUT2D eigenvalue weighted by Crippen LogP contribution is 2.22. The standard InChI is InChI=1S/C14H20O3/c1-10-8-11(13(15)16-5)6-7-12(10)17-9-14(2,3)4/h6-8H,9H2,1-5H3. The molecule has 0 N–H and O–H groups in total. The summed E-state index contributed by atoms with van der Waals surface area (Å²) < 4.78 is 10.4. The van der Waals surface area contributed by atoms with E-state index in [9.17, 15) is 4.79 Å². The van der Waals surface area contributed by atoms with Crippen molar-refractivity contribution in [3.05, 3.63) is 29.3 Å². The van der Waals surface area contributed by atoms with Gasteiger partial charge in [0, 0.05) is 0 Å². The van der Waals surface area contributed by atoms with Crippen molar-refractivity contribution in [3.63, 3.8) is 0 Å². The van der Waals surface area contributed by atoms with E-state index in [1.807, 2.05) is 13.0 Å². The van der Waals surface area contributed by atoms with Gasteiger partial charge in [-0.05, 0) is 36.1 Å². The predicted molar refractivity (Wildman–Crippen MR) is 67.5 cm³/mol. The Balaban J connectivity index is 2.80. The van der Waals surface area contributed by atoms with E-state index >= 15 is 0 Å². The average Bonchev–Trinajstić information content (AvgIpc) is 2.25. The average molecular weight is 236 g/mol. The van der Waals surface area contributed by atoms with E-state index in [2.05, 4.69) is 25.5 Å². The molecular formula is C14H20O3. The van der Waals surface area contributed by atoms with E-state index < -0.39 is 0 Å². The number of rotatable bonds is 3. The van der Waals surface area contributed by atoms with E-state index in [1.54, 1.807) is 12.1 Å². The number of esters is 1. The van der Waals surface area contributed by atoms with Crippen LogP contribution in [0.15, 0.2) is 18.2 Å². The first-order valence-corrected chi connectivity index (χ1v) is 5.65. The van der Waals surface area contributed by atoms with Crippen LogP contribution in [0.4, 0.5) is 0 Å². The largest absolute Gasteiger partial charge is 0.493 e. The zero-order valence-corrected chi connectivity index (χ0v) is 11.2. The Labute approximate surface area is 103 Å². The van der Waals surface area contributed by atoms with Crippen molar-refractivity contribution >= 4 is 5.97 Å². The molecule has 0 saturated carbocycles. The van der Waals surface area contributed by atoms with Crippen molar-refractivity contribution in [2.24, 2.45) is 5.41 Å². The van der Waals surface area contributed by atoms with E-state index in [4.69, 9.17) is 4.74 Å². The maximum Gasteiger partial charge on any atom is 0.337 e. The molecule has 0 bridgehead atoms. The Morgan fingerprint density at radius 3 is 2.41 bits per heavy atom. The fourth-order valence-corrected chi connectivity index (χ4v) is 1.35. The molecule has 1 aromatic rings. The van der Waals surface area contributed by atoms with Gasteiger partial charge in [-0.2, -0.15) is 0 Å². The van der Waals surface area contributed by atoms with Crippen molar-refractivity contribution in [3.8, 4) is 5.75 Å². The number of benzene rings is 1. The van der Waals surface area contributed by atoms with Gasteiger partial charge in [0.05, 0.1) is 19.3 Å². The fourth-order valence-electron chi connectivity index (χ4n) is 1.35. The molecular weight excluding hydrogens is 216 g/mol. The maximum atomic E-state index is 11.3. The third kappa shape index (κ3) is 4.10. The van der Waals surface area contributed by atoms with Gasteiger partial charge < -0.3 is 9.47 Å². The molecule has 1 rings (SSSR count). The minimum atomic E-state index is -0.324. The summed E-state index contributed by atoms with van der Waals surface area (Å²) in [5.74, 6) is 0.489. The lowest BCUT2D eigenvalue weighted by Crippen LogP contribution is -2.17. The number of carbonyl (C=O) groups excluding carboxylic acids is 1. The highest BCUT2D eigenvalue weighted by Gasteiger charge is 2.13. The zero-order chi connectivity index (χ0) is 13.1. The number of hydrogen-bond acceptors (Lipinski definition) is 3. The number of hydrogen-bond donors (Lipinski definition) is 0. The van der Waals surface area contributed by atoms with Crippen molar-refractivity contribution in [2.75, 3.05) is 13.7 Å². The molecule has 94 valence electrons. The third-order valence-corrected chi connectivity index (χ3v) is 2.26. The van der Waals surface area contributed by atoms with E-state index in [0.717, 1.165) is 11.3 Å². The summed E-state index contributed by atoms with van der Waals surface area (Å²) in [7, 11) is 1.38. The molecule has 0 fully saturated rings. The lowest BCUT2D eigenvalue weighted by atomic mass is 9.98. The van der Waals surface area contributed by atoms with Crippen LogP contribution in [0.2, 0.25) is 0 Å². The molecule has 1 aromatic carbocycles. The van der Waals surface area contributed by atoms with Gasteiger partial charge >= 0.3 is 5.97 Å². The third-order valence-electron chi connectivity index (χ3n) is 2.26. The summed E-state index contributed by atoms with van der Waals surface area (Å²) >= 11 is 0. The smallest absolute Gasteiger partial charge is 0.337 e. The molecule has 0 spiro atoms.